The third-order valence-electron chi connectivity index (χ3n) is 2.77. The quantitative estimate of drug-likeness (QED) is 0.933. The third-order valence-corrected chi connectivity index (χ3v) is 3.00. The molecule has 0 saturated carbocycles. The predicted octanol–water partition coefficient (Wildman–Crippen LogP) is 3.79. The van der Waals surface area contributed by atoms with Gasteiger partial charge in [-0.1, -0.05) is 42.2 Å². The SMILES string of the molecule is CCCC(C)(N)c1nc(-c2cccc(Cl)c2)no1.Cl. The van der Waals surface area contributed by atoms with Crippen molar-refractivity contribution in [2.75, 3.05) is 0 Å². The summed E-state index contributed by atoms with van der Waals surface area (Å²) in [4.78, 5) is 4.35. The molecule has 0 radical (unpaired) electrons. The van der Waals surface area contributed by atoms with Crippen LogP contribution in [0.15, 0.2) is 28.8 Å². The Kier molecular flexibility index (Phi) is 5.35. The van der Waals surface area contributed by atoms with Crippen molar-refractivity contribution >= 4 is 24.0 Å². The second-order valence-electron chi connectivity index (χ2n) is 4.60. The highest BCUT2D eigenvalue weighted by Gasteiger charge is 2.27. The molecule has 1 aromatic carbocycles. The number of hydrogen-bond acceptors (Lipinski definition) is 4. The monoisotopic (exact) mass is 301 g/mol. The fourth-order valence-electron chi connectivity index (χ4n) is 1.83. The maximum atomic E-state index is 6.15. The summed E-state index contributed by atoms with van der Waals surface area (Å²) >= 11 is 5.93. The first kappa shape index (κ1) is 16.0. The molecule has 0 saturated heterocycles. The zero-order valence-corrected chi connectivity index (χ0v) is 12.5. The number of benzene rings is 1. The molecule has 1 aromatic heterocycles. The summed E-state index contributed by atoms with van der Waals surface area (Å²) in [6.07, 6.45) is 1.76. The molecule has 2 rings (SSSR count). The molecule has 0 aliphatic rings. The molecule has 2 N–H and O–H groups in total. The number of nitrogens with two attached hydrogens (primary N) is 1. The summed E-state index contributed by atoms with van der Waals surface area (Å²) in [6, 6.07) is 7.33. The first-order valence-electron chi connectivity index (χ1n) is 5.92. The van der Waals surface area contributed by atoms with Crippen LogP contribution in [0.2, 0.25) is 5.02 Å². The second kappa shape index (κ2) is 6.37. The van der Waals surface area contributed by atoms with Gasteiger partial charge in [-0.05, 0) is 25.5 Å². The largest absolute Gasteiger partial charge is 0.337 e. The Balaban J connectivity index is 0.00000180. The molecule has 4 nitrogen and oxygen atoms in total. The molecule has 0 aliphatic carbocycles. The van der Waals surface area contributed by atoms with E-state index in [9.17, 15) is 0 Å². The van der Waals surface area contributed by atoms with Crippen molar-refractivity contribution in [1.29, 1.82) is 0 Å². The average Bonchev–Trinajstić information content (AvgIpc) is 2.78. The molecular weight excluding hydrogens is 285 g/mol. The zero-order valence-electron chi connectivity index (χ0n) is 10.9. The number of aromatic nitrogens is 2. The van der Waals surface area contributed by atoms with Crippen LogP contribution in [0, 0.1) is 0 Å². The highest BCUT2D eigenvalue weighted by molar-refractivity contribution is 6.30. The Morgan fingerprint density at radius 1 is 1.42 bits per heavy atom. The first-order chi connectivity index (χ1) is 8.53. The van der Waals surface area contributed by atoms with Crippen LogP contribution in [0.3, 0.4) is 0 Å². The Bertz CT molecular complexity index is 540. The lowest BCUT2D eigenvalue weighted by Gasteiger charge is -2.18. The van der Waals surface area contributed by atoms with Crippen LogP contribution < -0.4 is 5.73 Å². The molecular formula is C13H17Cl2N3O. The fourth-order valence-corrected chi connectivity index (χ4v) is 2.02. The summed E-state index contributed by atoms with van der Waals surface area (Å²) < 4.78 is 5.25. The van der Waals surface area contributed by atoms with E-state index in [2.05, 4.69) is 17.1 Å². The highest BCUT2D eigenvalue weighted by Crippen LogP contribution is 2.25. The first-order valence-corrected chi connectivity index (χ1v) is 6.30. The standard InChI is InChI=1S/C13H16ClN3O.ClH/c1-3-7-13(2,15)12-16-11(17-18-12)9-5-4-6-10(14)8-9;/h4-6,8H,3,7,15H2,1-2H3;1H. The van der Waals surface area contributed by atoms with Gasteiger partial charge in [-0.15, -0.1) is 12.4 Å². The minimum Gasteiger partial charge on any atom is -0.337 e. The summed E-state index contributed by atoms with van der Waals surface area (Å²) in [7, 11) is 0. The molecule has 6 heteroatoms. The van der Waals surface area contributed by atoms with Gasteiger partial charge >= 0.3 is 0 Å². The smallest absolute Gasteiger partial charge is 0.246 e. The topological polar surface area (TPSA) is 64.9 Å². The molecule has 104 valence electrons. The van der Waals surface area contributed by atoms with Crippen molar-refractivity contribution in [2.45, 2.75) is 32.2 Å². The number of hydrogen-bond donors (Lipinski definition) is 1. The molecule has 1 atom stereocenters. The van der Waals surface area contributed by atoms with Gasteiger partial charge in [-0.2, -0.15) is 4.98 Å². The van der Waals surface area contributed by atoms with Crippen LogP contribution in [0.5, 0.6) is 0 Å². The minimum absolute atomic E-state index is 0. The number of nitrogens with zero attached hydrogens (tertiary/aromatic N) is 2. The lowest BCUT2D eigenvalue weighted by atomic mass is 9.98. The number of halogens is 2. The molecule has 0 aliphatic heterocycles. The van der Waals surface area contributed by atoms with Crippen LogP contribution in [0.25, 0.3) is 11.4 Å². The van der Waals surface area contributed by atoms with Gasteiger partial charge in [0.25, 0.3) is 0 Å². The van der Waals surface area contributed by atoms with E-state index in [1.807, 2.05) is 19.1 Å². The van der Waals surface area contributed by atoms with Crippen molar-refractivity contribution in [3.63, 3.8) is 0 Å². The molecule has 1 heterocycles. The van der Waals surface area contributed by atoms with E-state index >= 15 is 0 Å². The summed E-state index contributed by atoms with van der Waals surface area (Å²) in [6.45, 7) is 3.96. The normalized spacial score (nSPS) is 13.7. The Morgan fingerprint density at radius 3 is 2.79 bits per heavy atom. The lowest BCUT2D eigenvalue weighted by molar-refractivity contribution is 0.284. The maximum Gasteiger partial charge on any atom is 0.246 e. The van der Waals surface area contributed by atoms with Gasteiger partial charge in [0.1, 0.15) is 0 Å². The van der Waals surface area contributed by atoms with Gasteiger partial charge in [0, 0.05) is 10.6 Å². The van der Waals surface area contributed by atoms with Gasteiger partial charge in [-0.25, -0.2) is 0 Å². The fraction of sp³-hybridized carbons (Fsp3) is 0.385. The van der Waals surface area contributed by atoms with Gasteiger partial charge in [0.05, 0.1) is 5.54 Å². The van der Waals surface area contributed by atoms with Crippen LogP contribution in [0.4, 0.5) is 0 Å². The summed E-state index contributed by atoms with van der Waals surface area (Å²) in [5.74, 6) is 0.972. The molecule has 1 unspecified atom stereocenters. The van der Waals surface area contributed by atoms with E-state index in [1.54, 1.807) is 12.1 Å². The van der Waals surface area contributed by atoms with E-state index in [0.29, 0.717) is 16.7 Å². The number of rotatable bonds is 4. The van der Waals surface area contributed by atoms with Crippen molar-refractivity contribution in [3.8, 4) is 11.4 Å². The van der Waals surface area contributed by atoms with Gasteiger partial charge in [0.2, 0.25) is 11.7 Å². The molecule has 19 heavy (non-hydrogen) atoms. The zero-order chi connectivity index (χ0) is 13.2. The predicted molar refractivity (Wildman–Crippen MR) is 78.4 cm³/mol. The summed E-state index contributed by atoms with van der Waals surface area (Å²) in [5.41, 5.74) is 6.39. The Labute approximate surface area is 123 Å². The molecule has 0 fully saturated rings. The average molecular weight is 302 g/mol. The van der Waals surface area contributed by atoms with Crippen LogP contribution >= 0.6 is 24.0 Å². The third kappa shape index (κ3) is 3.69. The summed E-state index contributed by atoms with van der Waals surface area (Å²) in [5, 5.41) is 4.59. The molecule has 0 bridgehead atoms. The van der Waals surface area contributed by atoms with Crippen molar-refractivity contribution in [2.24, 2.45) is 5.73 Å². The van der Waals surface area contributed by atoms with Crippen LogP contribution in [-0.4, -0.2) is 10.1 Å². The second-order valence-corrected chi connectivity index (χ2v) is 5.04. The van der Waals surface area contributed by atoms with Crippen molar-refractivity contribution in [3.05, 3.63) is 35.2 Å². The molecule has 0 amide bonds. The Morgan fingerprint density at radius 2 is 2.16 bits per heavy atom. The maximum absolute atomic E-state index is 6.15. The minimum atomic E-state index is -0.585. The van der Waals surface area contributed by atoms with Gasteiger partial charge in [0.15, 0.2) is 0 Å². The van der Waals surface area contributed by atoms with E-state index in [-0.39, 0.29) is 12.4 Å². The molecule has 0 spiro atoms. The van der Waals surface area contributed by atoms with Crippen LogP contribution in [-0.2, 0) is 5.54 Å². The van der Waals surface area contributed by atoms with Crippen LogP contribution in [0.1, 0.15) is 32.6 Å². The Hall–Kier alpha value is -1.10. The van der Waals surface area contributed by atoms with Gasteiger partial charge in [-0.3, -0.25) is 0 Å². The van der Waals surface area contributed by atoms with E-state index in [4.69, 9.17) is 21.9 Å². The van der Waals surface area contributed by atoms with E-state index < -0.39 is 5.54 Å². The lowest BCUT2D eigenvalue weighted by Crippen LogP contribution is -2.33. The van der Waals surface area contributed by atoms with E-state index in [0.717, 1.165) is 18.4 Å². The van der Waals surface area contributed by atoms with Crippen molar-refractivity contribution < 1.29 is 4.52 Å². The highest BCUT2D eigenvalue weighted by atomic mass is 35.5. The molecule has 2 aromatic rings. The van der Waals surface area contributed by atoms with E-state index in [1.165, 1.54) is 0 Å². The van der Waals surface area contributed by atoms with Gasteiger partial charge < -0.3 is 10.3 Å². The van der Waals surface area contributed by atoms with Crippen molar-refractivity contribution in [1.82, 2.24) is 10.1 Å².